The van der Waals surface area contributed by atoms with Crippen LogP contribution in [0.3, 0.4) is 0 Å². The molecule has 24 heavy (non-hydrogen) atoms. The van der Waals surface area contributed by atoms with Crippen LogP contribution >= 0.6 is 0 Å². The maximum absolute atomic E-state index is 11.3. The number of benzene rings is 3. The zero-order valence-corrected chi connectivity index (χ0v) is 16.3. The Labute approximate surface area is 161 Å². The summed E-state index contributed by atoms with van der Waals surface area (Å²) in [6, 6.07) is 11.7. The number of ether oxygens (including phenoxy) is 2. The van der Waals surface area contributed by atoms with E-state index in [0.29, 0.717) is 22.3 Å². The van der Waals surface area contributed by atoms with E-state index in [4.69, 9.17) is 9.47 Å². The molecule has 2 N–H and O–H groups in total. The molecular formula is C16H15NaO6S. The van der Waals surface area contributed by atoms with Gasteiger partial charge in [-0.1, -0.05) is 24.3 Å². The molecule has 3 rings (SSSR count). The molecular weight excluding hydrogens is 343 g/mol. The Morgan fingerprint density at radius 3 is 1.75 bits per heavy atom. The summed E-state index contributed by atoms with van der Waals surface area (Å²) in [7, 11) is -1.48. The number of methoxy groups -OCH3 is 2. The Balaban J connectivity index is 0.00000144. The second kappa shape index (κ2) is 7.69. The van der Waals surface area contributed by atoms with Crippen LogP contribution in [-0.4, -0.2) is 32.7 Å². The quantitative estimate of drug-likeness (QED) is 0.342. The average molecular weight is 358 g/mol. The van der Waals surface area contributed by atoms with E-state index in [2.05, 4.69) is 0 Å². The molecule has 0 saturated heterocycles. The summed E-state index contributed by atoms with van der Waals surface area (Å²) in [5.41, 5.74) is 0. The van der Waals surface area contributed by atoms with E-state index in [0.717, 1.165) is 10.8 Å². The van der Waals surface area contributed by atoms with Crippen molar-refractivity contribution in [2.45, 2.75) is 4.90 Å². The summed E-state index contributed by atoms with van der Waals surface area (Å²) in [5.74, 6) is 1.12. The van der Waals surface area contributed by atoms with E-state index in [9.17, 15) is 13.0 Å². The summed E-state index contributed by atoms with van der Waals surface area (Å²) < 4.78 is 44.7. The molecule has 0 spiro atoms. The third-order valence-electron chi connectivity index (χ3n) is 3.59. The van der Waals surface area contributed by atoms with E-state index in [1.165, 1.54) is 19.2 Å². The first kappa shape index (κ1) is 20.7. The van der Waals surface area contributed by atoms with Crippen LogP contribution in [0.15, 0.2) is 47.4 Å². The van der Waals surface area contributed by atoms with Crippen LogP contribution in [0.5, 0.6) is 11.5 Å². The van der Waals surface area contributed by atoms with E-state index in [1.54, 1.807) is 13.2 Å². The van der Waals surface area contributed by atoms with Crippen LogP contribution in [0.4, 0.5) is 0 Å². The number of hydrogen-bond donors (Lipinski definition) is 0. The minimum absolute atomic E-state index is 0. The van der Waals surface area contributed by atoms with Gasteiger partial charge in [0.25, 0.3) is 0 Å². The predicted molar refractivity (Wildman–Crippen MR) is 86.1 cm³/mol. The van der Waals surface area contributed by atoms with Gasteiger partial charge in [-0.25, -0.2) is 8.42 Å². The van der Waals surface area contributed by atoms with Crippen LogP contribution in [0.1, 0.15) is 0 Å². The zero-order chi connectivity index (χ0) is 15.9. The molecule has 122 valence electrons. The van der Waals surface area contributed by atoms with Crippen LogP contribution < -0.4 is 39.0 Å². The van der Waals surface area contributed by atoms with Gasteiger partial charge in [-0.05, 0) is 18.2 Å². The van der Waals surface area contributed by atoms with Gasteiger partial charge in [0.2, 0.25) is 0 Å². The monoisotopic (exact) mass is 358 g/mol. The molecule has 0 unspecified atom stereocenters. The second-order valence-corrected chi connectivity index (χ2v) is 6.15. The maximum atomic E-state index is 11.3. The second-order valence-electron chi connectivity index (χ2n) is 4.77. The van der Waals surface area contributed by atoms with Crippen molar-refractivity contribution < 1.29 is 57.5 Å². The fourth-order valence-corrected chi connectivity index (χ4v) is 3.17. The molecule has 0 aliphatic rings. The van der Waals surface area contributed by atoms with Crippen LogP contribution in [-0.2, 0) is 10.1 Å². The van der Waals surface area contributed by atoms with E-state index < -0.39 is 10.1 Å². The Kier molecular flexibility index (Phi) is 6.63. The fraction of sp³-hybridized carbons (Fsp3) is 0.125. The molecule has 0 amide bonds. The first-order chi connectivity index (χ1) is 10.5. The first-order valence-electron chi connectivity index (χ1n) is 6.49. The van der Waals surface area contributed by atoms with Crippen LogP contribution in [0, 0.1) is 0 Å². The minimum atomic E-state index is -4.54. The van der Waals surface area contributed by atoms with Gasteiger partial charge in [0, 0.05) is 21.5 Å². The van der Waals surface area contributed by atoms with Gasteiger partial charge >= 0.3 is 29.6 Å². The van der Waals surface area contributed by atoms with E-state index >= 15 is 0 Å². The molecule has 0 saturated carbocycles. The number of rotatable bonds is 3. The normalized spacial score (nSPS) is 10.8. The third kappa shape index (κ3) is 3.37. The Morgan fingerprint density at radius 2 is 1.29 bits per heavy atom. The minimum Gasteiger partial charge on any atom is -0.744 e. The van der Waals surface area contributed by atoms with Crippen molar-refractivity contribution in [3.63, 3.8) is 0 Å². The Hall–Kier alpha value is -1.35. The summed E-state index contributed by atoms with van der Waals surface area (Å²) in [5, 5.41) is 2.85. The molecule has 0 aromatic heterocycles. The van der Waals surface area contributed by atoms with Gasteiger partial charge < -0.3 is 19.5 Å². The molecule has 8 heteroatoms. The van der Waals surface area contributed by atoms with Crippen molar-refractivity contribution in [3.05, 3.63) is 42.5 Å². The summed E-state index contributed by atoms with van der Waals surface area (Å²) >= 11 is 0. The molecule has 3 aromatic carbocycles. The van der Waals surface area contributed by atoms with Crippen LogP contribution in [0.25, 0.3) is 21.5 Å². The molecule has 0 fully saturated rings. The fourth-order valence-electron chi connectivity index (χ4n) is 2.67. The standard InChI is InChI=1S/C16H14O5S.Na.H2O/c1-20-15-11-5-3-4-6-12(11)16(21-2)14-9-10(22(17,18)19)7-8-13(14)15;;/h3-9H,1-2H3,(H,17,18,19);;1H2/q;+1;/p-1. The molecule has 0 atom stereocenters. The summed E-state index contributed by atoms with van der Waals surface area (Å²) in [6.07, 6.45) is 0. The van der Waals surface area contributed by atoms with Crippen molar-refractivity contribution in [2.24, 2.45) is 0 Å². The van der Waals surface area contributed by atoms with Gasteiger partial charge in [-0.2, -0.15) is 0 Å². The smallest absolute Gasteiger partial charge is 0.744 e. The van der Waals surface area contributed by atoms with Gasteiger partial charge in [0.15, 0.2) is 0 Å². The van der Waals surface area contributed by atoms with E-state index in [-0.39, 0.29) is 39.9 Å². The van der Waals surface area contributed by atoms with Crippen molar-refractivity contribution in [3.8, 4) is 11.5 Å². The maximum Gasteiger partial charge on any atom is 1.00 e. The van der Waals surface area contributed by atoms with Gasteiger partial charge in [-0.3, -0.25) is 0 Å². The SMILES string of the molecule is COc1c2ccccc2c(OC)c2cc(S(=O)(=O)[O-])ccc12.O.[Na+]. The van der Waals surface area contributed by atoms with Crippen molar-refractivity contribution in [1.82, 2.24) is 0 Å². The zero-order valence-electron chi connectivity index (χ0n) is 13.5. The van der Waals surface area contributed by atoms with Crippen molar-refractivity contribution in [2.75, 3.05) is 14.2 Å². The first-order valence-corrected chi connectivity index (χ1v) is 7.90. The van der Waals surface area contributed by atoms with Gasteiger partial charge in [0.05, 0.1) is 19.1 Å². The van der Waals surface area contributed by atoms with Gasteiger partial charge in [-0.15, -0.1) is 0 Å². The number of hydrogen-bond acceptors (Lipinski definition) is 5. The Morgan fingerprint density at radius 1 is 0.833 bits per heavy atom. The molecule has 0 radical (unpaired) electrons. The molecule has 0 heterocycles. The molecule has 6 nitrogen and oxygen atoms in total. The topological polar surface area (TPSA) is 107 Å². The van der Waals surface area contributed by atoms with Crippen molar-refractivity contribution >= 4 is 31.7 Å². The molecule has 0 bridgehead atoms. The summed E-state index contributed by atoms with van der Waals surface area (Å²) in [4.78, 5) is -0.296. The largest absolute Gasteiger partial charge is 1.00 e. The predicted octanol–water partition coefficient (Wildman–Crippen LogP) is -0.906. The molecule has 0 aliphatic carbocycles. The van der Waals surface area contributed by atoms with Crippen LogP contribution in [0.2, 0.25) is 0 Å². The van der Waals surface area contributed by atoms with E-state index in [1.807, 2.05) is 24.3 Å². The summed E-state index contributed by atoms with van der Waals surface area (Å²) in [6.45, 7) is 0. The third-order valence-corrected chi connectivity index (χ3v) is 4.42. The Bertz CT molecular complexity index is 985. The average Bonchev–Trinajstić information content (AvgIpc) is 2.51. The molecule has 3 aromatic rings. The van der Waals surface area contributed by atoms with Crippen molar-refractivity contribution in [1.29, 1.82) is 0 Å². The molecule has 0 aliphatic heterocycles. The number of fused-ring (bicyclic) bond motifs is 2. The van der Waals surface area contributed by atoms with Gasteiger partial charge in [0.1, 0.15) is 21.6 Å².